The van der Waals surface area contributed by atoms with Gasteiger partial charge in [-0.2, -0.15) is 0 Å². The zero-order valence-corrected chi connectivity index (χ0v) is 15.3. The Balaban J connectivity index is 2.11. The number of nitrogens with one attached hydrogen (secondary N) is 1. The quantitative estimate of drug-likeness (QED) is 0.290. The fraction of sp³-hybridized carbons (Fsp3) is 0.150. The van der Waals surface area contributed by atoms with Gasteiger partial charge < -0.3 is 25.0 Å². The van der Waals surface area contributed by atoms with Crippen molar-refractivity contribution in [1.82, 2.24) is 0 Å². The fourth-order valence-electron chi connectivity index (χ4n) is 2.34. The predicted molar refractivity (Wildman–Crippen MR) is 101 cm³/mol. The molecule has 8 nitrogen and oxygen atoms in total. The molecule has 0 aliphatic rings. The topological polar surface area (TPSA) is 122 Å². The number of methoxy groups -OCH3 is 1. The average molecular weight is 385 g/mol. The van der Waals surface area contributed by atoms with Gasteiger partial charge in [0.25, 0.3) is 0 Å². The van der Waals surface area contributed by atoms with Crippen LogP contribution in [0.2, 0.25) is 0 Å². The first-order valence-corrected chi connectivity index (χ1v) is 8.17. The smallest absolute Gasteiger partial charge is 0.308 e. The SMILES string of the molecule is COc1cc(/C=C/C(=O)Nc2cc(CC(=O)O)ccc2O)ccc1OC(C)=O. The van der Waals surface area contributed by atoms with Gasteiger partial charge in [-0.05, 0) is 41.5 Å². The van der Waals surface area contributed by atoms with Crippen molar-refractivity contribution in [3.05, 3.63) is 53.6 Å². The maximum absolute atomic E-state index is 12.1. The molecule has 2 aromatic carbocycles. The van der Waals surface area contributed by atoms with E-state index >= 15 is 0 Å². The number of hydrogen-bond acceptors (Lipinski definition) is 6. The summed E-state index contributed by atoms with van der Waals surface area (Å²) in [5.74, 6) is -1.61. The van der Waals surface area contributed by atoms with Crippen LogP contribution in [0.3, 0.4) is 0 Å². The van der Waals surface area contributed by atoms with E-state index in [2.05, 4.69) is 5.32 Å². The lowest BCUT2D eigenvalue weighted by atomic mass is 10.1. The van der Waals surface area contributed by atoms with Gasteiger partial charge in [-0.15, -0.1) is 0 Å². The number of ether oxygens (including phenoxy) is 2. The number of carbonyl (C=O) groups excluding carboxylic acids is 2. The summed E-state index contributed by atoms with van der Waals surface area (Å²) in [6, 6.07) is 8.94. The molecule has 0 aliphatic carbocycles. The van der Waals surface area contributed by atoms with E-state index in [4.69, 9.17) is 14.6 Å². The third kappa shape index (κ3) is 5.87. The van der Waals surface area contributed by atoms with Crippen LogP contribution >= 0.6 is 0 Å². The van der Waals surface area contributed by atoms with Crippen molar-refractivity contribution < 1.29 is 34.1 Å². The second-order valence-corrected chi connectivity index (χ2v) is 5.75. The van der Waals surface area contributed by atoms with Gasteiger partial charge in [0.05, 0.1) is 19.2 Å². The number of aromatic hydroxyl groups is 1. The molecule has 0 bridgehead atoms. The highest BCUT2D eigenvalue weighted by Gasteiger charge is 2.09. The van der Waals surface area contributed by atoms with Gasteiger partial charge >= 0.3 is 11.9 Å². The molecule has 3 N–H and O–H groups in total. The van der Waals surface area contributed by atoms with Crippen LogP contribution in [0.15, 0.2) is 42.5 Å². The second kappa shape index (κ2) is 9.22. The monoisotopic (exact) mass is 385 g/mol. The molecule has 0 spiro atoms. The Kier molecular flexibility index (Phi) is 6.75. The summed E-state index contributed by atoms with van der Waals surface area (Å²) in [5.41, 5.74) is 1.17. The number of carboxylic acid groups (broad SMARTS) is 1. The first kappa shape index (κ1) is 20.5. The summed E-state index contributed by atoms with van der Waals surface area (Å²) in [6.45, 7) is 1.28. The molecule has 0 saturated carbocycles. The highest BCUT2D eigenvalue weighted by atomic mass is 16.6. The number of amides is 1. The molecule has 2 rings (SSSR count). The summed E-state index contributed by atoms with van der Waals surface area (Å²) in [7, 11) is 1.43. The Bertz CT molecular complexity index is 934. The molecule has 146 valence electrons. The first-order valence-electron chi connectivity index (χ1n) is 8.17. The Morgan fingerprint density at radius 2 is 1.86 bits per heavy atom. The van der Waals surface area contributed by atoms with Crippen molar-refractivity contribution >= 4 is 29.6 Å². The van der Waals surface area contributed by atoms with Crippen LogP contribution in [0.25, 0.3) is 6.08 Å². The van der Waals surface area contributed by atoms with Crippen LogP contribution in [0.5, 0.6) is 17.2 Å². The van der Waals surface area contributed by atoms with Gasteiger partial charge in [0.1, 0.15) is 5.75 Å². The van der Waals surface area contributed by atoms with Crippen molar-refractivity contribution in [3.8, 4) is 17.2 Å². The molecule has 0 unspecified atom stereocenters. The largest absolute Gasteiger partial charge is 0.506 e. The molecule has 0 aliphatic heterocycles. The Morgan fingerprint density at radius 3 is 2.50 bits per heavy atom. The number of carboxylic acids is 1. The first-order chi connectivity index (χ1) is 13.3. The Hall–Kier alpha value is -3.81. The normalized spacial score (nSPS) is 10.5. The van der Waals surface area contributed by atoms with E-state index in [1.54, 1.807) is 18.2 Å². The van der Waals surface area contributed by atoms with E-state index in [9.17, 15) is 19.5 Å². The van der Waals surface area contributed by atoms with Gasteiger partial charge in [-0.3, -0.25) is 14.4 Å². The van der Waals surface area contributed by atoms with Crippen molar-refractivity contribution in [3.63, 3.8) is 0 Å². The number of carbonyl (C=O) groups is 3. The summed E-state index contributed by atoms with van der Waals surface area (Å²) in [6.07, 6.45) is 2.52. The molecule has 2 aromatic rings. The number of aliphatic carboxylic acids is 1. The van der Waals surface area contributed by atoms with Crippen LogP contribution in [0.4, 0.5) is 5.69 Å². The molecular weight excluding hydrogens is 366 g/mol. The lowest BCUT2D eigenvalue weighted by Crippen LogP contribution is -2.09. The van der Waals surface area contributed by atoms with Gasteiger partial charge in [0.2, 0.25) is 5.91 Å². The minimum absolute atomic E-state index is 0.108. The zero-order chi connectivity index (χ0) is 20.7. The number of phenolic OH excluding ortho intramolecular Hbond substituents is 1. The summed E-state index contributed by atoms with van der Waals surface area (Å²) >= 11 is 0. The average Bonchev–Trinajstić information content (AvgIpc) is 2.62. The second-order valence-electron chi connectivity index (χ2n) is 5.75. The third-order valence-corrected chi connectivity index (χ3v) is 3.54. The highest BCUT2D eigenvalue weighted by Crippen LogP contribution is 2.29. The summed E-state index contributed by atoms with van der Waals surface area (Å²) in [5, 5.41) is 21.2. The number of rotatable bonds is 7. The van der Waals surface area contributed by atoms with E-state index in [-0.39, 0.29) is 23.6 Å². The van der Waals surface area contributed by atoms with Gasteiger partial charge in [-0.1, -0.05) is 12.1 Å². The maximum Gasteiger partial charge on any atom is 0.308 e. The van der Waals surface area contributed by atoms with E-state index < -0.39 is 17.8 Å². The minimum atomic E-state index is -1.02. The van der Waals surface area contributed by atoms with E-state index in [0.29, 0.717) is 16.9 Å². The molecule has 8 heteroatoms. The number of esters is 1. The maximum atomic E-state index is 12.1. The van der Waals surface area contributed by atoms with Crippen LogP contribution < -0.4 is 14.8 Å². The van der Waals surface area contributed by atoms with Gasteiger partial charge in [0, 0.05) is 13.0 Å². The van der Waals surface area contributed by atoms with Crippen LogP contribution in [0, 0.1) is 0 Å². The van der Waals surface area contributed by atoms with E-state index in [0.717, 1.165) is 0 Å². The van der Waals surface area contributed by atoms with Crippen molar-refractivity contribution in [1.29, 1.82) is 0 Å². The fourth-order valence-corrected chi connectivity index (χ4v) is 2.34. The molecule has 0 fully saturated rings. The molecule has 0 heterocycles. The number of anilines is 1. The molecular formula is C20H19NO7. The molecule has 0 atom stereocenters. The standard InChI is InChI=1S/C20H19NO7/c1-12(22)28-17-7-4-13(10-18(17)27-2)5-8-19(24)21-15-9-14(11-20(25)26)3-6-16(15)23/h3-10,23H,11H2,1-2H3,(H,21,24)(H,25,26)/b8-5+. The molecule has 28 heavy (non-hydrogen) atoms. The Morgan fingerprint density at radius 1 is 1.11 bits per heavy atom. The van der Waals surface area contributed by atoms with Crippen LogP contribution in [-0.2, 0) is 20.8 Å². The van der Waals surface area contributed by atoms with Crippen molar-refractivity contribution in [2.45, 2.75) is 13.3 Å². The van der Waals surface area contributed by atoms with Crippen LogP contribution in [0.1, 0.15) is 18.1 Å². The van der Waals surface area contributed by atoms with Gasteiger partial charge in [-0.25, -0.2) is 0 Å². The Labute approximate surface area is 161 Å². The third-order valence-electron chi connectivity index (χ3n) is 3.54. The van der Waals surface area contributed by atoms with E-state index in [1.165, 1.54) is 44.4 Å². The zero-order valence-electron chi connectivity index (χ0n) is 15.3. The minimum Gasteiger partial charge on any atom is -0.506 e. The summed E-state index contributed by atoms with van der Waals surface area (Å²) in [4.78, 5) is 34.0. The predicted octanol–water partition coefficient (Wildman–Crippen LogP) is 2.61. The van der Waals surface area contributed by atoms with Crippen molar-refractivity contribution in [2.24, 2.45) is 0 Å². The van der Waals surface area contributed by atoms with Crippen LogP contribution in [-0.4, -0.2) is 35.2 Å². The van der Waals surface area contributed by atoms with Crippen molar-refractivity contribution in [2.75, 3.05) is 12.4 Å². The number of benzene rings is 2. The van der Waals surface area contributed by atoms with E-state index in [1.807, 2.05) is 0 Å². The van der Waals surface area contributed by atoms with Gasteiger partial charge in [0.15, 0.2) is 11.5 Å². The molecule has 1 amide bonds. The molecule has 0 radical (unpaired) electrons. The molecule has 0 saturated heterocycles. The molecule has 0 aromatic heterocycles. The summed E-state index contributed by atoms with van der Waals surface area (Å²) < 4.78 is 10.2. The highest BCUT2D eigenvalue weighted by molar-refractivity contribution is 6.02. The lowest BCUT2D eigenvalue weighted by molar-refractivity contribution is -0.136. The number of hydrogen-bond donors (Lipinski definition) is 3. The number of phenols is 1. The lowest BCUT2D eigenvalue weighted by Gasteiger charge is -2.09.